The predicted octanol–water partition coefficient (Wildman–Crippen LogP) is 2.26. The summed E-state index contributed by atoms with van der Waals surface area (Å²) < 4.78 is 6.57. The van der Waals surface area contributed by atoms with Gasteiger partial charge in [-0.2, -0.15) is 0 Å². The summed E-state index contributed by atoms with van der Waals surface area (Å²) in [7, 11) is 0. The molecule has 3 rings (SSSR count). The summed E-state index contributed by atoms with van der Waals surface area (Å²) in [5.41, 5.74) is 2.75. The van der Waals surface area contributed by atoms with Crippen molar-refractivity contribution in [2.24, 2.45) is 0 Å². The van der Waals surface area contributed by atoms with Gasteiger partial charge >= 0.3 is 5.97 Å². The van der Waals surface area contributed by atoms with Crippen molar-refractivity contribution in [3.8, 4) is 5.69 Å². The molecule has 1 heterocycles. The van der Waals surface area contributed by atoms with E-state index in [0.717, 1.165) is 12.0 Å². The summed E-state index contributed by atoms with van der Waals surface area (Å²) in [5.74, 6) is -0.789. The molecule has 0 saturated heterocycles. The van der Waals surface area contributed by atoms with Crippen LogP contribution in [0.1, 0.15) is 33.2 Å². The molecule has 0 spiro atoms. The Hall–Kier alpha value is -3.35. The van der Waals surface area contributed by atoms with Crippen LogP contribution in [0.25, 0.3) is 5.69 Å². The van der Waals surface area contributed by atoms with E-state index in [1.165, 1.54) is 11.0 Å². The first-order chi connectivity index (χ1) is 12.2. The summed E-state index contributed by atoms with van der Waals surface area (Å²) in [5, 5.41) is 10.9. The van der Waals surface area contributed by atoms with Gasteiger partial charge in [-0.15, -0.1) is 5.10 Å². The number of rotatable bonds is 6. The summed E-state index contributed by atoms with van der Waals surface area (Å²) in [6, 6.07) is 13.9. The van der Waals surface area contributed by atoms with Crippen LogP contribution in [0.3, 0.4) is 0 Å². The number of hydrogen-bond donors (Lipinski definition) is 0. The molecule has 0 N–H and O–H groups in total. The van der Waals surface area contributed by atoms with Gasteiger partial charge in [-0.25, -0.2) is 9.48 Å². The third-order valence-corrected chi connectivity index (χ3v) is 3.74. The van der Waals surface area contributed by atoms with Gasteiger partial charge in [-0.3, -0.25) is 4.79 Å². The van der Waals surface area contributed by atoms with Crippen molar-refractivity contribution in [3.05, 3.63) is 71.5 Å². The van der Waals surface area contributed by atoms with Crippen LogP contribution in [0.5, 0.6) is 0 Å². The Morgan fingerprint density at radius 1 is 1.00 bits per heavy atom. The topological polar surface area (TPSA) is 87.0 Å². The molecule has 0 amide bonds. The first-order valence-electron chi connectivity index (χ1n) is 7.80. The van der Waals surface area contributed by atoms with Gasteiger partial charge in [0, 0.05) is 5.56 Å². The molecule has 7 nitrogen and oxygen atoms in total. The minimum atomic E-state index is -0.554. The molecule has 0 radical (unpaired) electrons. The van der Waals surface area contributed by atoms with Gasteiger partial charge in [0.2, 0.25) is 0 Å². The monoisotopic (exact) mass is 336 g/mol. The number of aromatic nitrogens is 4. The quantitative estimate of drug-likeness (QED) is 0.507. The van der Waals surface area contributed by atoms with E-state index in [1.807, 2.05) is 19.1 Å². The van der Waals surface area contributed by atoms with Crippen LogP contribution in [-0.4, -0.2) is 38.6 Å². The lowest BCUT2D eigenvalue weighted by Crippen LogP contribution is -2.14. The highest BCUT2D eigenvalue weighted by Crippen LogP contribution is 2.10. The van der Waals surface area contributed by atoms with Crippen LogP contribution >= 0.6 is 0 Å². The number of hydrogen-bond acceptors (Lipinski definition) is 6. The number of aryl methyl sites for hydroxylation is 1. The van der Waals surface area contributed by atoms with Gasteiger partial charge in [-0.05, 0) is 46.7 Å². The van der Waals surface area contributed by atoms with E-state index >= 15 is 0 Å². The minimum Gasteiger partial charge on any atom is -0.454 e. The number of benzene rings is 2. The van der Waals surface area contributed by atoms with E-state index in [9.17, 15) is 9.59 Å². The zero-order chi connectivity index (χ0) is 17.6. The van der Waals surface area contributed by atoms with Crippen LogP contribution in [-0.2, 0) is 11.2 Å². The fourth-order valence-corrected chi connectivity index (χ4v) is 2.25. The predicted molar refractivity (Wildman–Crippen MR) is 89.6 cm³/mol. The van der Waals surface area contributed by atoms with Crippen molar-refractivity contribution in [3.63, 3.8) is 0 Å². The fraction of sp³-hybridized carbons (Fsp3) is 0.167. The van der Waals surface area contributed by atoms with Gasteiger partial charge in [0.15, 0.2) is 12.4 Å². The molecule has 0 aliphatic rings. The van der Waals surface area contributed by atoms with Crippen LogP contribution in [0.2, 0.25) is 0 Å². The number of nitrogens with zero attached hydrogens (tertiary/aromatic N) is 4. The average Bonchev–Trinajstić information content (AvgIpc) is 3.21. The number of esters is 1. The van der Waals surface area contributed by atoms with Crippen LogP contribution in [0.15, 0.2) is 54.9 Å². The molecule has 0 fully saturated rings. The lowest BCUT2D eigenvalue weighted by atomic mass is 10.1. The highest BCUT2D eigenvalue weighted by Gasteiger charge is 2.12. The molecule has 0 unspecified atom stereocenters. The molecule has 0 aliphatic carbocycles. The molecule has 0 aliphatic heterocycles. The van der Waals surface area contributed by atoms with Gasteiger partial charge in [-0.1, -0.05) is 31.2 Å². The Morgan fingerprint density at radius 3 is 2.28 bits per heavy atom. The highest BCUT2D eigenvalue weighted by atomic mass is 16.5. The lowest BCUT2D eigenvalue weighted by molar-refractivity contribution is 0.0475. The Morgan fingerprint density at radius 2 is 1.68 bits per heavy atom. The zero-order valence-corrected chi connectivity index (χ0v) is 13.6. The largest absolute Gasteiger partial charge is 0.454 e. The van der Waals surface area contributed by atoms with E-state index in [1.54, 1.807) is 36.4 Å². The van der Waals surface area contributed by atoms with Crippen LogP contribution < -0.4 is 0 Å². The Balaban J connectivity index is 1.59. The Bertz CT molecular complexity index is 856. The van der Waals surface area contributed by atoms with E-state index in [0.29, 0.717) is 16.8 Å². The average molecular weight is 336 g/mol. The Kier molecular flexibility index (Phi) is 4.94. The molecule has 2 aromatic carbocycles. The molecule has 126 valence electrons. The van der Waals surface area contributed by atoms with E-state index in [2.05, 4.69) is 15.5 Å². The number of ketones is 1. The van der Waals surface area contributed by atoms with E-state index in [4.69, 9.17) is 4.74 Å². The van der Waals surface area contributed by atoms with Gasteiger partial charge < -0.3 is 4.74 Å². The number of ether oxygens (including phenoxy) is 1. The van der Waals surface area contributed by atoms with Crippen molar-refractivity contribution in [1.82, 2.24) is 20.2 Å². The second kappa shape index (κ2) is 7.48. The second-order valence-corrected chi connectivity index (χ2v) is 5.35. The number of carbonyl (C=O) groups is 2. The summed E-state index contributed by atoms with van der Waals surface area (Å²) in [4.78, 5) is 24.1. The third-order valence-electron chi connectivity index (χ3n) is 3.74. The molecule has 25 heavy (non-hydrogen) atoms. The van der Waals surface area contributed by atoms with E-state index < -0.39 is 5.97 Å². The first-order valence-corrected chi connectivity index (χ1v) is 7.80. The van der Waals surface area contributed by atoms with E-state index in [-0.39, 0.29) is 12.4 Å². The van der Waals surface area contributed by atoms with Crippen LogP contribution in [0, 0.1) is 0 Å². The molecule has 1 aromatic heterocycles. The number of carbonyl (C=O) groups excluding carboxylic acids is 2. The highest BCUT2D eigenvalue weighted by molar-refractivity contribution is 5.99. The molecule has 3 aromatic rings. The maximum Gasteiger partial charge on any atom is 0.338 e. The SMILES string of the molecule is CCc1ccc(C(=O)COC(=O)c2ccc(-n3cnnn3)cc2)cc1. The second-order valence-electron chi connectivity index (χ2n) is 5.35. The standard InChI is InChI=1S/C18H16N4O3/c1-2-13-3-5-14(6-4-13)17(23)11-25-18(24)15-7-9-16(10-8-15)22-12-19-20-21-22/h3-10,12H,2,11H2,1H3. The van der Waals surface area contributed by atoms with Gasteiger partial charge in [0.1, 0.15) is 6.33 Å². The van der Waals surface area contributed by atoms with Crippen molar-refractivity contribution in [2.45, 2.75) is 13.3 Å². The van der Waals surface area contributed by atoms with Gasteiger partial charge in [0.25, 0.3) is 0 Å². The summed E-state index contributed by atoms with van der Waals surface area (Å²) in [6.45, 7) is 1.75. The normalized spacial score (nSPS) is 10.4. The number of tetrazole rings is 1. The molecule has 0 atom stereocenters. The minimum absolute atomic E-state index is 0.235. The molecule has 0 saturated carbocycles. The molecular formula is C18H16N4O3. The molecular weight excluding hydrogens is 320 g/mol. The van der Waals surface area contributed by atoms with Crippen molar-refractivity contribution >= 4 is 11.8 Å². The smallest absolute Gasteiger partial charge is 0.338 e. The molecule has 7 heteroatoms. The van der Waals surface area contributed by atoms with Crippen LogP contribution in [0.4, 0.5) is 0 Å². The summed E-state index contributed by atoms with van der Waals surface area (Å²) in [6.07, 6.45) is 2.36. The maximum absolute atomic E-state index is 12.1. The summed E-state index contributed by atoms with van der Waals surface area (Å²) >= 11 is 0. The zero-order valence-electron chi connectivity index (χ0n) is 13.6. The maximum atomic E-state index is 12.1. The van der Waals surface area contributed by atoms with Gasteiger partial charge in [0.05, 0.1) is 11.3 Å². The third kappa shape index (κ3) is 3.95. The Labute approximate surface area is 144 Å². The molecule has 0 bridgehead atoms. The number of Topliss-reactive ketones (excluding diaryl/α,β-unsaturated/α-hetero) is 1. The lowest BCUT2D eigenvalue weighted by Gasteiger charge is -2.06. The fourth-order valence-electron chi connectivity index (χ4n) is 2.25. The van der Waals surface area contributed by atoms with Crippen molar-refractivity contribution < 1.29 is 14.3 Å². The van der Waals surface area contributed by atoms with Crippen molar-refractivity contribution in [1.29, 1.82) is 0 Å². The first kappa shape index (κ1) is 16.5. The van der Waals surface area contributed by atoms with Crippen molar-refractivity contribution in [2.75, 3.05) is 6.61 Å².